The number of hydrogen-bond donors (Lipinski definition) is 1. The first kappa shape index (κ1) is 31.0. The van der Waals surface area contributed by atoms with Gasteiger partial charge in [-0.3, -0.25) is 0 Å². The number of ether oxygens (including phenoxy) is 1. The SMILES string of the molecule is CC(Nc1nccc(-c2oc(N3CCCCC3c3ccc(C(=O)OC(C)(C)C)cc3)nc2-c2ccc(F)cc2)n1)c1ccccc1. The van der Waals surface area contributed by atoms with Crippen LogP contribution in [0.3, 0.4) is 0 Å². The van der Waals surface area contributed by atoms with Gasteiger partial charge in [0.1, 0.15) is 22.8 Å². The van der Waals surface area contributed by atoms with Crippen LogP contribution in [0.2, 0.25) is 0 Å². The molecule has 0 bridgehead atoms. The van der Waals surface area contributed by atoms with Crippen LogP contribution < -0.4 is 10.2 Å². The van der Waals surface area contributed by atoms with Crippen molar-refractivity contribution in [1.29, 1.82) is 0 Å². The maximum Gasteiger partial charge on any atom is 0.338 e. The van der Waals surface area contributed by atoms with E-state index in [4.69, 9.17) is 19.1 Å². The van der Waals surface area contributed by atoms with Crippen LogP contribution in [0.4, 0.5) is 16.4 Å². The molecule has 6 rings (SSSR count). The lowest BCUT2D eigenvalue weighted by atomic mass is 9.95. The van der Waals surface area contributed by atoms with E-state index in [1.54, 1.807) is 24.4 Å². The summed E-state index contributed by atoms with van der Waals surface area (Å²) in [7, 11) is 0. The third-order valence-electron chi connectivity index (χ3n) is 7.95. The number of nitrogens with one attached hydrogen (secondary N) is 1. The Bertz CT molecular complexity index is 1780. The van der Waals surface area contributed by atoms with Crippen molar-refractivity contribution in [3.63, 3.8) is 0 Å². The molecule has 0 saturated carbocycles. The Morgan fingerprint density at radius 2 is 1.72 bits per heavy atom. The minimum absolute atomic E-state index is 0.0108. The van der Waals surface area contributed by atoms with Crippen LogP contribution >= 0.6 is 0 Å². The molecule has 2 unspecified atom stereocenters. The molecule has 3 heterocycles. The predicted octanol–water partition coefficient (Wildman–Crippen LogP) is 8.80. The van der Waals surface area contributed by atoms with Gasteiger partial charge >= 0.3 is 5.97 Å². The Balaban J connectivity index is 1.33. The summed E-state index contributed by atoms with van der Waals surface area (Å²) < 4.78 is 26.0. The van der Waals surface area contributed by atoms with Crippen molar-refractivity contribution in [2.75, 3.05) is 16.8 Å². The van der Waals surface area contributed by atoms with E-state index in [9.17, 15) is 9.18 Å². The smallest absolute Gasteiger partial charge is 0.338 e. The summed E-state index contributed by atoms with van der Waals surface area (Å²) in [5, 5.41) is 3.38. The molecule has 0 radical (unpaired) electrons. The standard InChI is InChI=1S/C37H38FN5O3/c1-24(25-10-6-5-7-11-25)40-35-39-22-21-30(41-35)33-32(27-17-19-29(38)20-18-27)42-36(45-33)43-23-9-8-12-31(43)26-13-15-28(16-14-26)34(44)46-37(2,3)4/h5-7,10-11,13-22,24,31H,8-9,12,23H2,1-4H3,(H,39,40,41). The van der Waals surface area contributed by atoms with Crippen LogP contribution in [-0.4, -0.2) is 33.1 Å². The molecule has 8 nitrogen and oxygen atoms in total. The van der Waals surface area contributed by atoms with Gasteiger partial charge in [0, 0.05) is 18.3 Å². The maximum absolute atomic E-state index is 13.9. The van der Waals surface area contributed by atoms with E-state index in [1.807, 2.05) is 63.2 Å². The quantitative estimate of drug-likeness (QED) is 0.172. The van der Waals surface area contributed by atoms with Crippen molar-refractivity contribution < 1.29 is 18.3 Å². The number of carbonyl (C=O) groups is 1. The van der Waals surface area contributed by atoms with Crippen molar-refractivity contribution in [3.05, 3.63) is 114 Å². The van der Waals surface area contributed by atoms with Crippen molar-refractivity contribution in [1.82, 2.24) is 15.0 Å². The summed E-state index contributed by atoms with van der Waals surface area (Å²) in [5.74, 6) is 0.253. The second-order valence-electron chi connectivity index (χ2n) is 12.6. The monoisotopic (exact) mass is 619 g/mol. The van der Waals surface area contributed by atoms with E-state index < -0.39 is 5.60 Å². The fourth-order valence-corrected chi connectivity index (χ4v) is 5.67. The summed E-state index contributed by atoms with van der Waals surface area (Å²) >= 11 is 0. The molecule has 2 atom stereocenters. The van der Waals surface area contributed by atoms with Crippen LogP contribution in [0.25, 0.3) is 22.7 Å². The average Bonchev–Trinajstić information content (AvgIpc) is 3.50. The number of piperidine rings is 1. The molecule has 1 fully saturated rings. The molecule has 236 valence electrons. The Morgan fingerprint density at radius 3 is 2.43 bits per heavy atom. The van der Waals surface area contributed by atoms with Crippen molar-refractivity contribution in [2.24, 2.45) is 0 Å². The third-order valence-corrected chi connectivity index (χ3v) is 7.95. The van der Waals surface area contributed by atoms with E-state index in [2.05, 4.69) is 34.3 Å². The van der Waals surface area contributed by atoms with Gasteiger partial charge in [-0.25, -0.2) is 19.2 Å². The van der Waals surface area contributed by atoms with Gasteiger partial charge in [-0.15, -0.1) is 0 Å². The van der Waals surface area contributed by atoms with Gasteiger partial charge < -0.3 is 19.4 Å². The van der Waals surface area contributed by atoms with Crippen LogP contribution in [-0.2, 0) is 4.74 Å². The van der Waals surface area contributed by atoms with Gasteiger partial charge in [0.15, 0.2) is 5.76 Å². The second kappa shape index (κ2) is 13.1. The lowest BCUT2D eigenvalue weighted by molar-refractivity contribution is 0.00694. The Labute approximate surface area is 268 Å². The summed E-state index contributed by atoms with van der Waals surface area (Å²) in [6.07, 6.45) is 4.62. The lowest BCUT2D eigenvalue weighted by Crippen LogP contribution is -2.33. The van der Waals surface area contributed by atoms with Gasteiger partial charge in [0.05, 0.1) is 17.6 Å². The van der Waals surface area contributed by atoms with E-state index in [1.165, 1.54) is 12.1 Å². The Kier molecular flexibility index (Phi) is 8.83. The van der Waals surface area contributed by atoms with E-state index in [-0.39, 0.29) is 23.9 Å². The molecule has 9 heteroatoms. The summed E-state index contributed by atoms with van der Waals surface area (Å²) in [4.78, 5) is 29.0. The van der Waals surface area contributed by atoms with Gasteiger partial charge in [-0.2, -0.15) is 4.98 Å². The fraction of sp³-hybridized carbons (Fsp3) is 0.297. The highest BCUT2D eigenvalue weighted by atomic mass is 19.1. The zero-order valence-electron chi connectivity index (χ0n) is 26.5. The van der Waals surface area contributed by atoms with Crippen molar-refractivity contribution in [2.45, 2.75) is 64.6 Å². The van der Waals surface area contributed by atoms with E-state index >= 15 is 0 Å². The number of hydrogen-bond acceptors (Lipinski definition) is 8. The number of nitrogens with zero attached hydrogens (tertiary/aromatic N) is 4. The maximum atomic E-state index is 13.9. The number of anilines is 2. The molecule has 46 heavy (non-hydrogen) atoms. The predicted molar refractivity (Wildman–Crippen MR) is 177 cm³/mol. The molecule has 5 aromatic rings. The Morgan fingerprint density at radius 1 is 0.978 bits per heavy atom. The largest absolute Gasteiger partial charge is 0.456 e. The first-order chi connectivity index (χ1) is 22.1. The number of rotatable bonds is 8. The highest BCUT2D eigenvalue weighted by Crippen LogP contribution is 2.40. The van der Waals surface area contributed by atoms with Gasteiger partial charge in [-0.05, 0) is 101 Å². The van der Waals surface area contributed by atoms with Crippen LogP contribution in [0.5, 0.6) is 0 Å². The van der Waals surface area contributed by atoms with Crippen molar-refractivity contribution >= 4 is 17.9 Å². The summed E-state index contributed by atoms with van der Waals surface area (Å²) in [6, 6.07) is 26.1. The number of benzene rings is 3. The molecule has 1 saturated heterocycles. The van der Waals surface area contributed by atoms with Gasteiger partial charge in [-0.1, -0.05) is 42.5 Å². The number of esters is 1. The molecule has 0 amide bonds. The van der Waals surface area contributed by atoms with Crippen LogP contribution in [0.1, 0.15) is 80.5 Å². The normalized spacial score (nSPS) is 15.8. The summed E-state index contributed by atoms with van der Waals surface area (Å²) in [5.41, 5.74) is 3.95. The minimum atomic E-state index is -0.568. The average molecular weight is 620 g/mol. The highest BCUT2D eigenvalue weighted by Gasteiger charge is 2.30. The number of halogens is 1. The number of aromatic nitrogens is 3. The van der Waals surface area contributed by atoms with Crippen LogP contribution in [0.15, 0.2) is 95.5 Å². The topological polar surface area (TPSA) is 93.4 Å². The van der Waals surface area contributed by atoms with Gasteiger partial charge in [0.2, 0.25) is 5.95 Å². The van der Waals surface area contributed by atoms with Crippen molar-refractivity contribution in [3.8, 4) is 22.7 Å². The molecule has 1 aliphatic rings. The summed E-state index contributed by atoms with van der Waals surface area (Å²) in [6.45, 7) is 8.36. The molecular weight excluding hydrogens is 581 g/mol. The van der Waals surface area contributed by atoms with Crippen LogP contribution in [0, 0.1) is 5.82 Å². The highest BCUT2D eigenvalue weighted by molar-refractivity contribution is 5.89. The second-order valence-corrected chi connectivity index (χ2v) is 12.6. The molecule has 1 aliphatic heterocycles. The van der Waals surface area contributed by atoms with Gasteiger partial charge in [0.25, 0.3) is 6.01 Å². The molecule has 1 N–H and O–H groups in total. The molecule has 3 aromatic carbocycles. The van der Waals surface area contributed by atoms with E-state index in [0.717, 1.165) is 36.9 Å². The molecular formula is C37H38FN5O3. The first-order valence-corrected chi connectivity index (χ1v) is 15.7. The minimum Gasteiger partial charge on any atom is -0.456 e. The molecule has 0 spiro atoms. The van der Waals surface area contributed by atoms with E-state index in [0.29, 0.717) is 40.2 Å². The Hall–Kier alpha value is -5.05. The zero-order valence-corrected chi connectivity index (χ0v) is 26.5. The number of oxazole rings is 1. The molecule has 2 aromatic heterocycles. The lowest BCUT2D eigenvalue weighted by Gasteiger charge is -2.35. The first-order valence-electron chi connectivity index (χ1n) is 15.7. The molecule has 0 aliphatic carbocycles. The fourth-order valence-electron chi connectivity index (χ4n) is 5.67. The zero-order chi connectivity index (χ0) is 32.3. The number of carbonyl (C=O) groups excluding carboxylic acids is 1. The third kappa shape index (κ3) is 7.09.